The lowest BCUT2D eigenvalue weighted by atomic mass is 9.86. The van der Waals surface area contributed by atoms with E-state index in [-0.39, 0.29) is 35.7 Å². The van der Waals surface area contributed by atoms with Crippen molar-refractivity contribution in [2.45, 2.75) is 19.4 Å². The van der Waals surface area contributed by atoms with Crippen LogP contribution in [0.3, 0.4) is 0 Å². The quantitative estimate of drug-likeness (QED) is 0.808. The van der Waals surface area contributed by atoms with Gasteiger partial charge in [0.1, 0.15) is 23.9 Å². The largest absolute Gasteiger partial charge is 0.497 e. The van der Waals surface area contributed by atoms with Crippen molar-refractivity contribution < 1.29 is 33.7 Å². The summed E-state index contributed by atoms with van der Waals surface area (Å²) in [5.74, 6) is -1.77. The lowest BCUT2D eigenvalue weighted by molar-refractivity contribution is -0.119. The summed E-state index contributed by atoms with van der Waals surface area (Å²) in [6, 6.07) is 2.87. The van der Waals surface area contributed by atoms with E-state index in [1.807, 2.05) is 0 Å². The van der Waals surface area contributed by atoms with E-state index in [2.05, 4.69) is 0 Å². The molecule has 1 aromatic rings. The summed E-state index contributed by atoms with van der Waals surface area (Å²) in [5.41, 5.74) is 0.0445. The molecule has 0 spiro atoms. The highest BCUT2D eigenvalue weighted by Crippen LogP contribution is 2.36. The van der Waals surface area contributed by atoms with Crippen molar-refractivity contribution in [2.75, 3.05) is 20.8 Å². The van der Waals surface area contributed by atoms with Gasteiger partial charge in [0.05, 0.1) is 37.4 Å². The summed E-state index contributed by atoms with van der Waals surface area (Å²) < 4.78 is 15.3. The van der Waals surface area contributed by atoms with Gasteiger partial charge in [0, 0.05) is 12.5 Å². The molecule has 0 fully saturated rings. The first-order valence-electron chi connectivity index (χ1n) is 7.03. The zero-order valence-electron chi connectivity index (χ0n) is 13.1. The maximum absolute atomic E-state index is 12.7. The Labute approximate surface area is 133 Å². The Morgan fingerprint density at radius 3 is 2.65 bits per heavy atom. The number of ether oxygens (including phenoxy) is 3. The Kier molecular flexibility index (Phi) is 5.00. The first kappa shape index (κ1) is 17.0. The number of aliphatic hydroxyl groups is 1. The summed E-state index contributed by atoms with van der Waals surface area (Å²) in [7, 11) is 2.62. The Hall–Kier alpha value is -2.41. The molecule has 124 valence electrons. The molecule has 1 heterocycles. The standard InChI is InChI=1S/C16H18O7/c1-8(17)4-12(18)11-7-23-13-6-9(21-2)5-10(16(20)22-3)14(13)15(11)19/h5-6,11-12,18H,4,7H2,1-3H3/t11-,12+/m1/s1. The molecular weight excluding hydrogens is 304 g/mol. The van der Waals surface area contributed by atoms with Crippen LogP contribution in [0.25, 0.3) is 0 Å². The van der Waals surface area contributed by atoms with Crippen LogP contribution in [0.2, 0.25) is 0 Å². The summed E-state index contributed by atoms with van der Waals surface area (Å²) in [4.78, 5) is 35.8. The molecule has 0 radical (unpaired) electrons. The molecule has 23 heavy (non-hydrogen) atoms. The second-order valence-electron chi connectivity index (χ2n) is 5.29. The number of carbonyl (C=O) groups excluding carboxylic acids is 3. The molecule has 1 aliphatic heterocycles. The number of hydrogen-bond donors (Lipinski definition) is 1. The van der Waals surface area contributed by atoms with Crippen LogP contribution in [-0.4, -0.2) is 49.6 Å². The maximum atomic E-state index is 12.7. The van der Waals surface area contributed by atoms with Crippen LogP contribution in [0.15, 0.2) is 12.1 Å². The van der Waals surface area contributed by atoms with Gasteiger partial charge in [0.2, 0.25) is 0 Å². The van der Waals surface area contributed by atoms with Gasteiger partial charge in [0.15, 0.2) is 5.78 Å². The van der Waals surface area contributed by atoms with Gasteiger partial charge >= 0.3 is 5.97 Å². The molecule has 0 bridgehead atoms. The van der Waals surface area contributed by atoms with Crippen LogP contribution < -0.4 is 9.47 Å². The number of ketones is 2. The Balaban J connectivity index is 2.46. The van der Waals surface area contributed by atoms with Crippen molar-refractivity contribution in [3.8, 4) is 11.5 Å². The second-order valence-corrected chi connectivity index (χ2v) is 5.29. The van der Waals surface area contributed by atoms with E-state index in [0.717, 1.165) is 0 Å². The van der Waals surface area contributed by atoms with E-state index in [0.29, 0.717) is 5.75 Å². The fourth-order valence-electron chi connectivity index (χ4n) is 2.51. The molecule has 1 aromatic carbocycles. The summed E-state index contributed by atoms with van der Waals surface area (Å²) in [5, 5.41) is 10.1. The molecule has 1 N–H and O–H groups in total. The van der Waals surface area contributed by atoms with Gasteiger partial charge in [-0.15, -0.1) is 0 Å². The minimum Gasteiger partial charge on any atom is -0.497 e. The lowest BCUT2D eigenvalue weighted by Gasteiger charge is -2.28. The first-order valence-corrected chi connectivity index (χ1v) is 7.03. The Morgan fingerprint density at radius 2 is 2.09 bits per heavy atom. The lowest BCUT2D eigenvalue weighted by Crippen LogP contribution is -2.38. The van der Waals surface area contributed by atoms with Crippen molar-refractivity contribution >= 4 is 17.5 Å². The van der Waals surface area contributed by atoms with Crippen LogP contribution in [0.4, 0.5) is 0 Å². The molecule has 7 nitrogen and oxygen atoms in total. The molecule has 2 rings (SSSR count). The average Bonchev–Trinajstić information content (AvgIpc) is 2.52. The number of carbonyl (C=O) groups is 3. The number of aliphatic hydroxyl groups excluding tert-OH is 1. The molecular formula is C16H18O7. The number of benzene rings is 1. The molecule has 0 aliphatic carbocycles. The second kappa shape index (κ2) is 6.78. The van der Waals surface area contributed by atoms with Gasteiger partial charge in [-0.3, -0.25) is 9.59 Å². The Bertz CT molecular complexity index is 650. The number of Topliss-reactive ketones (excluding diaryl/α,β-unsaturated/α-hetero) is 2. The molecule has 2 atom stereocenters. The van der Waals surface area contributed by atoms with Crippen molar-refractivity contribution in [3.05, 3.63) is 23.3 Å². The van der Waals surface area contributed by atoms with Crippen LogP contribution in [0, 0.1) is 5.92 Å². The van der Waals surface area contributed by atoms with Gasteiger partial charge < -0.3 is 19.3 Å². The van der Waals surface area contributed by atoms with Crippen LogP contribution in [0.1, 0.15) is 34.1 Å². The van der Waals surface area contributed by atoms with E-state index in [4.69, 9.17) is 14.2 Å². The van der Waals surface area contributed by atoms with E-state index in [9.17, 15) is 19.5 Å². The minimum absolute atomic E-state index is 0.00609. The van der Waals surface area contributed by atoms with Gasteiger partial charge in [0.25, 0.3) is 0 Å². The number of hydrogen-bond acceptors (Lipinski definition) is 7. The van der Waals surface area contributed by atoms with Crippen LogP contribution in [-0.2, 0) is 9.53 Å². The molecule has 0 unspecified atom stereocenters. The zero-order valence-corrected chi connectivity index (χ0v) is 13.1. The predicted molar refractivity (Wildman–Crippen MR) is 79.0 cm³/mol. The van der Waals surface area contributed by atoms with Crippen molar-refractivity contribution in [1.82, 2.24) is 0 Å². The normalized spacial score (nSPS) is 17.7. The van der Waals surface area contributed by atoms with Crippen molar-refractivity contribution in [2.24, 2.45) is 5.92 Å². The van der Waals surface area contributed by atoms with E-state index < -0.39 is 23.8 Å². The van der Waals surface area contributed by atoms with Crippen molar-refractivity contribution in [3.63, 3.8) is 0 Å². The van der Waals surface area contributed by atoms with Gasteiger partial charge in [-0.1, -0.05) is 0 Å². The average molecular weight is 322 g/mol. The smallest absolute Gasteiger partial charge is 0.338 e. The molecule has 0 saturated carbocycles. The van der Waals surface area contributed by atoms with Crippen molar-refractivity contribution in [1.29, 1.82) is 0 Å². The SMILES string of the molecule is COC(=O)c1cc(OC)cc2c1C(=O)[C@@H]([C@@H](O)CC(C)=O)CO2. The third kappa shape index (κ3) is 3.34. The van der Waals surface area contributed by atoms with Crippen LogP contribution in [0.5, 0.6) is 11.5 Å². The molecule has 1 aliphatic rings. The molecule has 7 heteroatoms. The highest BCUT2D eigenvalue weighted by Gasteiger charge is 2.38. The fraction of sp³-hybridized carbons (Fsp3) is 0.438. The van der Waals surface area contributed by atoms with E-state index >= 15 is 0 Å². The number of methoxy groups -OCH3 is 2. The third-order valence-electron chi connectivity index (χ3n) is 3.68. The predicted octanol–water partition coefficient (Wildman–Crippen LogP) is 1.01. The van der Waals surface area contributed by atoms with Crippen LogP contribution >= 0.6 is 0 Å². The molecule has 0 aromatic heterocycles. The topological polar surface area (TPSA) is 99.1 Å². The summed E-state index contributed by atoms with van der Waals surface area (Å²) >= 11 is 0. The maximum Gasteiger partial charge on any atom is 0.338 e. The summed E-state index contributed by atoms with van der Waals surface area (Å²) in [6.45, 7) is 1.25. The first-order chi connectivity index (χ1) is 10.9. The van der Waals surface area contributed by atoms with E-state index in [1.54, 1.807) is 0 Å². The number of esters is 1. The molecule has 0 saturated heterocycles. The fourth-order valence-corrected chi connectivity index (χ4v) is 2.51. The van der Waals surface area contributed by atoms with E-state index in [1.165, 1.54) is 33.3 Å². The van der Waals surface area contributed by atoms with Gasteiger partial charge in [-0.25, -0.2) is 4.79 Å². The minimum atomic E-state index is -1.17. The Morgan fingerprint density at radius 1 is 1.39 bits per heavy atom. The number of fused-ring (bicyclic) bond motifs is 1. The monoisotopic (exact) mass is 322 g/mol. The zero-order chi connectivity index (χ0) is 17.1. The van der Waals surface area contributed by atoms with Gasteiger partial charge in [-0.2, -0.15) is 0 Å². The van der Waals surface area contributed by atoms with Gasteiger partial charge in [-0.05, 0) is 13.0 Å². The highest BCUT2D eigenvalue weighted by molar-refractivity contribution is 6.10. The molecule has 0 amide bonds. The summed E-state index contributed by atoms with van der Waals surface area (Å²) in [6.07, 6.45) is -1.32. The third-order valence-corrected chi connectivity index (χ3v) is 3.68. The number of rotatable bonds is 5. The highest BCUT2D eigenvalue weighted by atomic mass is 16.5.